The number of rotatable bonds is 9. The Bertz CT molecular complexity index is 1200. The number of carbonyl (C=O) groups excluding carboxylic acids is 2. The molecule has 182 valence electrons. The summed E-state index contributed by atoms with van der Waals surface area (Å²) in [5.74, 6) is 0.693. The first-order valence-electron chi connectivity index (χ1n) is 11.7. The fourth-order valence-corrected chi connectivity index (χ4v) is 3.87. The summed E-state index contributed by atoms with van der Waals surface area (Å²) in [6.07, 6.45) is 1.78. The molecule has 4 rings (SSSR count). The zero-order chi connectivity index (χ0) is 24.5. The van der Waals surface area contributed by atoms with Crippen LogP contribution in [0, 0.1) is 0 Å². The number of nitrogens with zero attached hydrogens (tertiary/aromatic N) is 2. The second-order valence-corrected chi connectivity index (χ2v) is 8.03. The Morgan fingerprint density at radius 3 is 2.66 bits per heavy atom. The predicted octanol–water partition coefficient (Wildman–Crippen LogP) is 3.17. The Morgan fingerprint density at radius 2 is 1.83 bits per heavy atom. The molecule has 0 saturated carbocycles. The summed E-state index contributed by atoms with van der Waals surface area (Å²) >= 11 is 0. The van der Waals surface area contributed by atoms with Gasteiger partial charge in [-0.25, -0.2) is 5.43 Å². The zero-order valence-electron chi connectivity index (χ0n) is 19.7. The van der Waals surface area contributed by atoms with Crippen LogP contribution in [-0.4, -0.2) is 62.4 Å². The Labute approximate surface area is 204 Å². The number of benzene rings is 3. The minimum absolute atomic E-state index is 0.0717. The van der Waals surface area contributed by atoms with Crippen molar-refractivity contribution < 1.29 is 23.8 Å². The molecule has 0 atom stereocenters. The third kappa shape index (κ3) is 6.58. The first-order valence-corrected chi connectivity index (χ1v) is 11.7. The molecule has 8 heteroatoms. The standard InChI is InChI=1S/C27H29N3O5/c1-2-34-25-16-20(10-11-24(25)35-19-27(32)30-12-14-33-15-13-30)18-28-29-26(31)17-22-8-5-7-21-6-3-4-9-23(21)22/h3-11,16,18H,2,12-15,17,19H2,1H3,(H,29,31)/b28-18-. The van der Waals surface area contributed by atoms with Crippen LogP contribution < -0.4 is 14.9 Å². The van der Waals surface area contributed by atoms with E-state index in [0.29, 0.717) is 44.4 Å². The number of amides is 2. The van der Waals surface area contributed by atoms with E-state index in [4.69, 9.17) is 14.2 Å². The van der Waals surface area contributed by atoms with E-state index in [0.717, 1.165) is 21.9 Å². The largest absolute Gasteiger partial charge is 0.490 e. The maximum Gasteiger partial charge on any atom is 0.260 e. The molecule has 8 nitrogen and oxygen atoms in total. The van der Waals surface area contributed by atoms with Gasteiger partial charge in [-0.15, -0.1) is 0 Å². The average molecular weight is 476 g/mol. The number of hydrazone groups is 1. The normalized spacial score (nSPS) is 13.7. The number of carbonyl (C=O) groups is 2. The number of hydrogen-bond acceptors (Lipinski definition) is 6. The van der Waals surface area contributed by atoms with E-state index in [1.54, 1.807) is 29.3 Å². The number of fused-ring (bicyclic) bond motifs is 1. The molecule has 0 spiro atoms. The fraction of sp³-hybridized carbons (Fsp3) is 0.296. The van der Waals surface area contributed by atoms with Crippen LogP contribution in [0.15, 0.2) is 65.8 Å². The second kappa shape index (κ2) is 12.0. The molecule has 35 heavy (non-hydrogen) atoms. The fourth-order valence-electron chi connectivity index (χ4n) is 3.87. The molecule has 2 amide bonds. The highest BCUT2D eigenvalue weighted by molar-refractivity contribution is 5.90. The number of morpholine rings is 1. The first-order chi connectivity index (χ1) is 17.1. The molecule has 1 fully saturated rings. The molecule has 0 radical (unpaired) electrons. The molecule has 3 aromatic rings. The Morgan fingerprint density at radius 1 is 1.03 bits per heavy atom. The van der Waals surface area contributed by atoms with E-state index in [2.05, 4.69) is 10.5 Å². The molecular weight excluding hydrogens is 446 g/mol. The summed E-state index contributed by atoms with van der Waals surface area (Å²) in [5.41, 5.74) is 4.26. The van der Waals surface area contributed by atoms with Crippen molar-refractivity contribution in [2.75, 3.05) is 39.5 Å². The molecule has 1 aliphatic rings. The van der Waals surface area contributed by atoms with Crippen LogP contribution in [0.1, 0.15) is 18.1 Å². The lowest BCUT2D eigenvalue weighted by molar-refractivity contribution is -0.137. The Kier molecular flexibility index (Phi) is 8.30. The first kappa shape index (κ1) is 24.2. The van der Waals surface area contributed by atoms with Crippen molar-refractivity contribution >= 4 is 28.8 Å². The highest BCUT2D eigenvalue weighted by Gasteiger charge is 2.18. The summed E-state index contributed by atoms with van der Waals surface area (Å²) < 4.78 is 16.7. The van der Waals surface area contributed by atoms with Gasteiger partial charge in [0.05, 0.1) is 32.5 Å². The number of nitrogens with one attached hydrogen (secondary N) is 1. The van der Waals surface area contributed by atoms with Crippen LogP contribution in [0.25, 0.3) is 10.8 Å². The van der Waals surface area contributed by atoms with Gasteiger partial charge >= 0.3 is 0 Å². The average Bonchev–Trinajstić information content (AvgIpc) is 2.89. The minimum atomic E-state index is -0.204. The van der Waals surface area contributed by atoms with E-state index >= 15 is 0 Å². The lowest BCUT2D eigenvalue weighted by Gasteiger charge is -2.26. The van der Waals surface area contributed by atoms with Gasteiger partial charge in [0, 0.05) is 13.1 Å². The van der Waals surface area contributed by atoms with Crippen molar-refractivity contribution in [2.45, 2.75) is 13.3 Å². The second-order valence-electron chi connectivity index (χ2n) is 8.03. The molecular formula is C27H29N3O5. The van der Waals surface area contributed by atoms with Gasteiger partial charge in [-0.1, -0.05) is 42.5 Å². The SMILES string of the molecule is CCOc1cc(/C=N\NC(=O)Cc2cccc3ccccc23)ccc1OCC(=O)N1CCOCC1. The molecule has 1 N–H and O–H groups in total. The minimum Gasteiger partial charge on any atom is -0.490 e. The molecule has 1 saturated heterocycles. The van der Waals surface area contributed by atoms with Gasteiger partial charge < -0.3 is 19.1 Å². The zero-order valence-corrected chi connectivity index (χ0v) is 19.7. The van der Waals surface area contributed by atoms with E-state index < -0.39 is 0 Å². The monoisotopic (exact) mass is 475 g/mol. The maximum absolute atomic E-state index is 12.4. The molecule has 0 bridgehead atoms. The molecule has 1 heterocycles. The van der Waals surface area contributed by atoms with E-state index in [1.165, 1.54) is 0 Å². The van der Waals surface area contributed by atoms with Gasteiger partial charge in [-0.05, 0) is 47.0 Å². The van der Waals surface area contributed by atoms with Crippen molar-refractivity contribution in [2.24, 2.45) is 5.10 Å². The lowest BCUT2D eigenvalue weighted by Crippen LogP contribution is -2.43. The van der Waals surface area contributed by atoms with Crippen molar-refractivity contribution in [3.05, 3.63) is 71.8 Å². The summed E-state index contributed by atoms with van der Waals surface area (Å²) in [5, 5.41) is 6.24. The van der Waals surface area contributed by atoms with Crippen molar-refractivity contribution in [3.8, 4) is 11.5 Å². The van der Waals surface area contributed by atoms with Crippen molar-refractivity contribution in [1.29, 1.82) is 0 Å². The van der Waals surface area contributed by atoms with Gasteiger partial charge in [-0.2, -0.15) is 5.10 Å². The molecule has 3 aromatic carbocycles. The molecule has 1 aliphatic heterocycles. The van der Waals surface area contributed by atoms with E-state index in [9.17, 15) is 9.59 Å². The lowest BCUT2D eigenvalue weighted by atomic mass is 10.0. The van der Waals surface area contributed by atoms with Gasteiger partial charge in [0.2, 0.25) is 5.91 Å². The van der Waals surface area contributed by atoms with Crippen LogP contribution in [0.5, 0.6) is 11.5 Å². The molecule has 0 unspecified atom stereocenters. The predicted molar refractivity (Wildman–Crippen MR) is 134 cm³/mol. The van der Waals surface area contributed by atoms with Crippen LogP contribution >= 0.6 is 0 Å². The van der Waals surface area contributed by atoms with Crippen LogP contribution in [0.2, 0.25) is 0 Å². The van der Waals surface area contributed by atoms with Crippen LogP contribution in [0.3, 0.4) is 0 Å². The Hall–Kier alpha value is -3.91. The van der Waals surface area contributed by atoms with E-state index in [1.807, 2.05) is 49.4 Å². The molecule has 0 aromatic heterocycles. The van der Waals surface area contributed by atoms with Gasteiger partial charge in [-0.3, -0.25) is 9.59 Å². The summed E-state index contributed by atoms with van der Waals surface area (Å²) in [7, 11) is 0. The highest BCUT2D eigenvalue weighted by Crippen LogP contribution is 2.28. The molecule has 0 aliphatic carbocycles. The third-order valence-electron chi connectivity index (χ3n) is 5.62. The van der Waals surface area contributed by atoms with Crippen LogP contribution in [0.4, 0.5) is 0 Å². The summed E-state index contributed by atoms with van der Waals surface area (Å²) in [6, 6.07) is 19.2. The topological polar surface area (TPSA) is 89.5 Å². The highest BCUT2D eigenvalue weighted by atomic mass is 16.5. The quantitative estimate of drug-likeness (QED) is 0.379. The van der Waals surface area contributed by atoms with Crippen LogP contribution in [-0.2, 0) is 20.7 Å². The van der Waals surface area contributed by atoms with E-state index in [-0.39, 0.29) is 24.8 Å². The van der Waals surface area contributed by atoms with Gasteiger partial charge in [0.15, 0.2) is 18.1 Å². The summed E-state index contributed by atoms with van der Waals surface area (Å²) in [6.45, 7) is 4.47. The summed E-state index contributed by atoms with van der Waals surface area (Å²) in [4.78, 5) is 26.5. The number of hydrogen-bond donors (Lipinski definition) is 1. The maximum atomic E-state index is 12.4. The number of ether oxygens (including phenoxy) is 3. The Balaban J connectivity index is 1.35. The smallest absolute Gasteiger partial charge is 0.260 e. The van der Waals surface area contributed by atoms with Gasteiger partial charge in [0.25, 0.3) is 5.91 Å². The third-order valence-corrected chi connectivity index (χ3v) is 5.62. The van der Waals surface area contributed by atoms with Crippen molar-refractivity contribution in [1.82, 2.24) is 10.3 Å². The van der Waals surface area contributed by atoms with Crippen molar-refractivity contribution in [3.63, 3.8) is 0 Å². The van der Waals surface area contributed by atoms with Gasteiger partial charge in [0.1, 0.15) is 0 Å².